The van der Waals surface area contributed by atoms with Crippen molar-refractivity contribution in [3.8, 4) is 0 Å². The molecular weight excluding hydrogens is 172 g/mol. The van der Waals surface area contributed by atoms with Crippen LogP contribution in [0.1, 0.15) is 46.0 Å². The summed E-state index contributed by atoms with van der Waals surface area (Å²) in [6, 6.07) is 0. The Labute approximate surface area is 87.2 Å². The van der Waals surface area contributed by atoms with Crippen molar-refractivity contribution in [1.29, 1.82) is 0 Å². The molecule has 2 aliphatic rings. The molecule has 1 nitrogen and oxygen atoms in total. The van der Waals surface area contributed by atoms with Gasteiger partial charge in [0.2, 0.25) is 0 Å². The normalized spacial score (nSPS) is 35.5. The molecular formula is C13H22O. The summed E-state index contributed by atoms with van der Waals surface area (Å²) in [6.07, 6.45) is 11.1. The lowest BCUT2D eigenvalue weighted by atomic mass is 9.87. The molecule has 0 heterocycles. The van der Waals surface area contributed by atoms with Gasteiger partial charge in [-0.15, -0.1) is 0 Å². The van der Waals surface area contributed by atoms with E-state index in [0.717, 1.165) is 24.2 Å². The molecule has 0 saturated heterocycles. The Balaban J connectivity index is 1.70. The highest BCUT2D eigenvalue weighted by Crippen LogP contribution is 2.45. The van der Waals surface area contributed by atoms with Gasteiger partial charge in [0.1, 0.15) is 0 Å². The number of aliphatic hydroxyl groups is 1. The molecule has 0 amide bonds. The zero-order chi connectivity index (χ0) is 10.2. The number of hydrogen-bond donors (Lipinski definition) is 1. The maximum absolute atomic E-state index is 9.61. The third-order valence-corrected chi connectivity index (χ3v) is 3.78. The quantitative estimate of drug-likeness (QED) is 0.682. The van der Waals surface area contributed by atoms with E-state index in [-0.39, 0.29) is 0 Å². The van der Waals surface area contributed by atoms with E-state index in [1.54, 1.807) is 0 Å². The molecule has 1 fully saturated rings. The largest absolute Gasteiger partial charge is 0.390 e. The standard InChI is InChI=1S/C13H22O/c1-13(2,14)7-3-4-11-8-10-5-6-12(11)9-10/h5-6,10-12,14H,3-4,7-9H2,1-2H3. The van der Waals surface area contributed by atoms with Crippen molar-refractivity contribution in [2.75, 3.05) is 0 Å². The summed E-state index contributed by atoms with van der Waals surface area (Å²) in [5, 5.41) is 9.61. The minimum atomic E-state index is -0.465. The molecule has 1 heteroatoms. The number of rotatable bonds is 4. The smallest absolute Gasteiger partial charge is 0.0591 e. The summed E-state index contributed by atoms with van der Waals surface area (Å²) in [6.45, 7) is 3.82. The Bertz CT molecular complexity index is 224. The van der Waals surface area contributed by atoms with Crippen molar-refractivity contribution in [3.05, 3.63) is 12.2 Å². The van der Waals surface area contributed by atoms with Crippen LogP contribution in [0.25, 0.3) is 0 Å². The highest BCUT2D eigenvalue weighted by molar-refractivity contribution is 5.09. The molecule has 0 spiro atoms. The fraction of sp³-hybridized carbons (Fsp3) is 0.846. The van der Waals surface area contributed by atoms with Crippen molar-refractivity contribution >= 4 is 0 Å². The second-order valence-electron chi connectivity index (χ2n) is 5.74. The predicted octanol–water partition coefficient (Wildman–Crippen LogP) is 3.14. The zero-order valence-corrected chi connectivity index (χ0v) is 9.37. The zero-order valence-electron chi connectivity index (χ0n) is 9.37. The molecule has 3 unspecified atom stereocenters. The minimum Gasteiger partial charge on any atom is -0.390 e. The van der Waals surface area contributed by atoms with Crippen LogP contribution in [0.4, 0.5) is 0 Å². The van der Waals surface area contributed by atoms with Gasteiger partial charge in [-0.2, -0.15) is 0 Å². The molecule has 2 bridgehead atoms. The molecule has 0 aromatic heterocycles. The van der Waals surface area contributed by atoms with Crippen LogP contribution in [0, 0.1) is 17.8 Å². The molecule has 0 aliphatic heterocycles. The third-order valence-electron chi connectivity index (χ3n) is 3.78. The lowest BCUT2D eigenvalue weighted by Crippen LogP contribution is -2.19. The van der Waals surface area contributed by atoms with Crippen molar-refractivity contribution in [1.82, 2.24) is 0 Å². The maximum atomic E-state index is 9.61. The van der Waals surface area contributed by atoms with Gasteiger partial charge in [-0.1, -0.05) is 18.6 Å². The highest BCUT2D eigenvalue weighted by atomic mass is 16.3. The molecule has 1 saturated carbocycles. The predicted molar refractivity (Wildman–Crippen MR) is 59.0 cm³/mol. The van der Waals surface area contributed by atoms with E-state index >= 15 is 0 Å². The lowest BCUT2D eigenvalue weighted by Gasteiger charge is -2.21. The van der Waals surface area contributed by atoms with E-state index < -0.39 is 5.60 Å². The van der Waals surface area contributed by atoms with Crippen LogP contribution < -0.4 is 0 Å². The Morgan fingerprint density at radius 2 is 2.07 bits per heavy atom. The van der Waals surface area contributed by atoms with E-state index in [1.807, 2.05) is 13.8 Å². The van der Waals surface area contributed by atoms with E-state index in [4.69, 9.17) is 0 Å². The summed E-state index contributed by atoms with van der Waals surface area (Å²) < 4.78 is 0. The number of allylic oxidation sites excluding steroid dienone is 2. The monoisotopic (exact) mass is 194 g/mol. The van der Waals surface area contributed by atoms with Crippen LogP contribution in [0.3, 0.4) is 0 Å². The molecule has 0 aromatic carbocycles. The van der Waals surface area contributed by atoms with Gasteiger partial charge >= 0.3 is 0 Å². The fourth-order valence-electron chi connectivity index (χ4n) is 3.02. The van der Waals surface area contributed by atoms with Crippen molar-refractivity contribution in [3.63, 3.8) is 0 Å². The van der Waals surface area contributed by atoms with Crippen LogP contribution >= 0.6 is 0 Å². The Morgan fingerprint density at radius 1 is 1.29 bits per heavy atom. The second-order valence-corrected chi connectivity index (χ2v) is 5.74. The van der Waals surface area contributed by atoms with Crippen LogP contribution in [0.5, 0.6) is 0 Å². The SMILES string of the molecule is CC(C)(O)CCCC1CC2C=CC1C2. The number of hydrogen-bond acceptors (Lipinski definition) is 1. The summed E-state index contributed by atoms with van der Waals surface area (Å²) in [5.41, 5.74) is -0.465. The van der Waals surface area contributed by atoms with Crippen LogP contribution in [-0.2, 0) is 0 Å². The minimum absolute atomic E-state index is 0.465. The third kappa shape index (κ3) is 2.38. The van der Waals surface area contributed by atoms with E-state index in [0.29, 0.717) is 0 Å². The highest BCUT2D eigenvalue weighted by Gasteiger charge is 2.34. The Morgan fingerprint density at radius 3 is 2.57 bits per heavy atom. The summed E-state index contributed by atoms with van der Waals surface area (Å²) in [5.74, 6) is 2.70. The molecule has 80 valence electrons. The van der Waals surface area contributed by atoms with Gasteiger partial charge in [0.05, 0.1) is 5.60 Å². The first kappa shape index (κ1) is 10.2. The van der Waals surface area contributed by atoms with E-state index in [9.17, 15) is 5.11 Å². The molecule has 0 aromatic rings. The Kier molecular flexibility index (Phi) is 2.70. The first-order valence-electron chi connectivity index (χ1n) is 5.95. The molecule has 14 heavy (non-hydrogen) atoms. The van der Waals surface area contributed by atoms with Gasteiger partial charge in [0.25, 0.3) is 0 Å². The Hall–Kier alpha value is -0.300. The van der Waals surface area contributed by atoms with Crippen molar-refractivity contribution < 1.29 is 5.11 Å². The van der Waals surface area contributed by atoms with Gasteiger partial charge in [-0.25, -0.2) is 0 Å². The van der Waals surface area contributed by atoms with Crippen LogP contribution in [-0.4, -0.2) is 10.7 Å². The summed E-state index contributed by atoms with van der Waals surface area (Å²) >= 11 is 0. The molecule has 2 rings (SSSR count). The molecule has 3 atom stereocenters. The van der Waals surface area contributed by atoms with Gasteiger partial charge < -0.3 is 5.11 Å². The van der Waals surface area contributed by atoms with Gasteiger partial charge in [0, 0.05) is 0 Å². The lowest BCUT2D eigenvalue weighted by molar-refractivity contribution is 0.0664. The average molecular weight is 194 g/mol. The van der Waals surface area contributed by atoms with Crippen LogP contribution in [0.15, 0.2) is 12.2 Å². The second kappa shape index (κ2) is 3.69. The first-order chi connectivity index (χ1) is 6.54. The maximum Gasteiger partial charge on any atom is 0.0591 e. The topological polar surface area (TPSA) is 20.2 Å². The summed E-state index contributed by atoms with van der Waals surface area (Å²) in [7, 11) is 0. The summed E-state index contributed by atoms with van der Waals surface area (Å²) in [4.78, 5) is 0. The van der Waals surface area contributed by atoms with Crippen molar-refractivity contribution in [2.45, 2.75) is 51.6 Å². The molecule has 2 aliphatic carbocycles. The van der Waals surface area contributed by atoms with Gasteiger partial charge in [-0.05, 0) is 57.3 Å². The van der Waals surface area contributed by atoms with Gasteiger partial charge in [-0.3, -0.25) is 0 Å². The molecule has 1 N–H and O–H groups in total. The first-order valence-corrected chi connectivity index (χ1v) is 5.95. The number of fused-ring (bicyclic) bond motifs is 2. The van der Waals surface area contributed by atoms with E-state index in [1.165, 1.54) is 25.7 Å². The van der Waals surface area contributed by atoms with Crippen molar-refractivity contribution in [2.24, 2.45) is 17.8 Å². The van der Waals surface area contributed by atoms with Crippen LogP contribution in [0.2, 0.25) is 0 Å². The molecule has 0 radical (unpaired) electrons. The average Bonchev–Trinajstić information content (AvgIpc) is 2.62. The van der Waals surface area contributed by atoms with E-state index in [2.05, 4.69) is 12.2 Å². The van der Waals surface area contributed by atoms with Gasteiger partial charge in [0.15, 0.2) is 0 Å². The fourth-order valence-corrected chi connectivity index (χ4v) is 3.02.